The maximum Gasteiger partial charge on any atom is 0.228 e. The Hall–Kier alpha value is -2.73. The number of phenols is 1. The summed E-state index contributed by atoms with van der Waals surface area (Å²) in [6, 6.07) is 10.7. The van der Waals surface area contributed by atoms with Gasteiger partial charge >= 0.3 is 0 Å². The van der Waals surface area contributed by atoms with Crippen molar-refractivity contribution >= 4 is 23.1 Å². The van der Waals surface area contributed by atoms with Crippen molar-refractivity contribution in [3.8, 4) is 27.6 Å². The standard InChI is InChI=1S/C19H19N3O2S/c1-3-12(2)19(24)22-18-17(16-5-4-10-25-16)21-15(11-20-18)13-6-8-14(23)9-7-13/h4-12,23H,3H2,1-2H3,(H,20,22,24). The third-order valence-corrected chi connectivity index (χ3v) is 4.87. The molecule has 0 aliphatic heterocycles. The van der Waals surface area contributed by atoms with Crippen molar-refractivity contribution in [3.05, 3.63) is 48.0 Å². The van der Waals surface area contributed by atoms with Gasteiger partial charge in [0.05, 0.1) is 16.8 Å². The van der Waals surface area contributed by atoms with E-state index in [-0.39, 0.29) is 17.6 Å². The van der Waals surface area contributed by atoms with E-state index in [0.29, 0.717) is 17.2 Å². The number of phenolic OH excluding ortho intramolecular Hbond substituents is 1. The Balaban J connectivity index is 2.01. The van der Waals surface area contributed by atoms with Crippen LogP contribution in [0.25, 0.3) is 21.8 Å². The Bertz CT molecular complexity index is 861. The summed E-state index contributed by atoms with van der Waals surface area (Å²) in [7, 11) is 0. The zero-order valence-electron chi connectivity index (χ0n) is 14.1. The molecule has 0 aliphatic carbocycles. The molecule has 2 N–H and O–H groups in total. The molecule has 6 heteroatoms. The third kappa shape index (κ3) is 3.85. The van der Waals surface area contributed by atoms with Crippen LogP contribution in [0, 0.1) is 5.92 Å². The van der Waals surface area contributed by atoms with Gasteiger partial charge in [-0.15, -0.1) is 11.3 Å². The summed E-state index contributed by atoms with van der Waals surface area (Å²) in [5.74, 6) is 0.518. The molecule has 0 saturated carbocycles. The number of thiophene rings is 1. The Morgan fingerprint density at radius 3 is 2.68 bits per heavy atom. The first kappa shape index (κ1) is 17.1. The van der Waals surface area contributed by atoms with Crippen LogP contribution in [-0.4, -0.2) is 21.0 Å². The lowest BCUT2D eigenvalue weighted by molar-refractivity contribution is -0.119. The van der Waals surface area contributed by atoms with Gasteiger partial charge in [-0.3, -0.25) is 4.79 Å². The number of hydrogen-bond donors (Lipinski definition) is 2. The molecule has 0 radical (unpaired) electrons. The summed E-state index contributed by atoms with van der Waals surface area (Å²) < 4.78 is 0. The van der Waals surface area contributed by atoms with Crippen LogP contribution < -0.4 is 5.32 Å². The third-order valence-electron chi connectivity index (χ3n) is 3.99. The Morgan fingerprint density at radius 1 is 1.28 bits per heavy atom. The molecule has 0 fully saturated rings. The number of aromatic nitrogens is 2. The molecule has 0 bridgehead atoms. The van der Waals surface area contributed by atoms with E-state index in [9.17, 15) is 9.90 Å². The SMILES string of the molecule is CCC(C)C(=O)Nc1ncc(-c2ccc(O)cc2)nc1-c1cccs1. The average molecular weight is 353 g/mol. The molecule has 3 aromatic rings. The van der Waals surface area contributed by atoms with E-state index in [0.717, 1.165) is 16.9 Å². The van der Waals surface area contributed by atoms with E-state index >= 15 is 0 Å². The predicted molar refractivity (Wildman–Crippen MR) is 101 cm³/mol. The zero-order valence-corrected chi connectivity index (χ0v) is 14.9. The number of hydrogen-bond acceptors (Lipinski definition) is 5. The summed E-state index contributed by atoms with van der Waals surface area (Å²) in [5, 5.41) is 14.3. The van der Waals surface area contributed by atoms with Crippen LogP contribution in [0.15, 0.2) is 48.0 Å². The first-order chi connectivity index (χ1) is 12.1. The van der Waals surface area contributed by atoms with Gasteiger partial charge in [0, 0.05) is 11.5 Å². The van der Waals surface area contributed by atoms with Gasteiger partial charge in [-0.2, -0.15) is 0 Å². The Kier molecular flexibility index (Phi) is 5.09. The van der Waals surface area contributed by atoms with Gasteiger partial charge < -0.3 is 10.4 Å². The van der Waals surface area contributed by atoms with Gasteiger partial charge in [-0.05, 0) is 42.1 Å². The molecule has 5 nitrogen and oxygen atoms in total. The van der Waals surface area contributed by atoms with Gasteiger partial charge in [-0.25, -0.2) is 9.97 Å². The number of anilines is 1. The fraction of sp³-hybridized carbons (Fsp3) is 0.211. The summed E-state index contributed by atoms with van der Waals surface area (Å²) in [6.07, 6.45) is 2.40. The highest BCUT2D eigenvalue weighted by atomic mass is 32.1. The molecule has 25 heavy (non-hydrogen) atoms. The monoisotopic (exact) mass is 353 g/mol. The molecular formula is C19H19N3O2S. The van der Waals surface area contributed by atoms with Crippen LogP contribution in [0.4, 0.5) is 5.82 Å². The lowest BCUT2D eigenvalue weighted by atomic mass is 10.1. The fourth-order valence-electron chi connectivity index (χ4n) is 2.26. The number of nitrogens with one attached hydrogen (secondary N) is 1. The number of rotatable bonds is 5. The van der Waals surface area contributed by atoms with Crippen LogP contribution in [0.3, 0.4) is 0 Å². The van der Waals surface area contributed by atoms with E-state index in [1.165, 1.54) is 0 Å². The fourth-order valence-corrected chi connectivity index (χ4v) is 2.98. The van der Waals surface area contributed by atoms with Crippen molar-refractivity contribution < 1.29 is 9.90 Å². The second-order valence-electron chi connectivity index (χ2n) is 5.78. The summed E-state index contributed by atoms with van der Waals surface area (Å²) in [5.41, 5.74) is 2.19. The van der Waals surface area contributed by atoms with Crippen LogP contribution in [0.2, 0.25) is 0 Å². The molecule has 0 spiro atoms. The zero-order chi connectivity index (χ0) is 17.8. The number of carbonyl (C=O) groups is 1. The number of carbonyl (C=O) groups excluding carboxylic acids is 1. The highest BCUT2D eigenvalue weighted by molar-refractivity contribution is 7.13. The average Bonchev–Trinajstić information content (AvgIpc) is 3.16. The molecule has 2 heterocycles. The predicted octanol–water partition coefficient (Wildman–Crippen LogP) is 4.56. The molecule has 1 unspecified atom stereocenters. The largest absolute Gasteiger partial charge is 0.508 e. The van der Waals surface area contributed by atoms with Gasteiger partial charge in [0.2, 0.25) is 5.91 Å². The summed E-state index contributed by atoms with van der Waals surface area (Å²) in [6.45, 7) is 3.86. The number of nitrogens with zero attached hydrogens (tertiary/aromatic N) is 2. The smallest absolute Gasteiger partial charge is 0.228 e. The lowest BCUT2D eigenvalue weighted by Crippen LogP contribution is -2.21. The maximum atomic E-state index is 12.3. The molecule has 128 valence electrons. The summed E-state index contributed by atoms with van der Waals surface area (Å²) >= 11 is 1.54. The first-order valence-electron chi connectivity index (χ1n) is 8.09. The van der Waals surface area contributed by atoms with E-state index in [4.69, 9.17) is 4.98 Å². The van der Waals surface area contributed by atoms with Crippen molar-refractivity contribution in [2.75, 3.05) is 5.32 Å². The van der Waals surface area contributed by atoms with Crippen LogP contribution in [-0.2, 0) is 4.79 Å². The van der Waals surface area contributed by atoms with Gasteiger partial charge in [0.15, 0.2) is 5.82 Å². The van der Waals surface area contributed by atoms with Crippen molar-refractivity contribution in [1.29, 1.82) is 0 Å². The maximum absolute atomic E-state index is 12.3. The topological polar surface area (TPSA) is 75.1 Å². The van der Waals surface area contributed by atoms with Crippen molar-refractivity contribution in [3.63, 3.8) is 0 Å². The molecule has 2 aromatic heterocycles. The molecule has 1 atom stereocenters. The van der Waals surface area contributed by atoms with E-state index in [1.807, 2.05) is 31.4 Å². The van der Waals surface area contributed by atoms with E-state index in [1.54, 1.807) is 41.8 Å². The molecule has 1 amide bonds. The van der Waals surface area contributed by atoms with E-state index in [2.05, 4.69) is 10.3 Å². The van der Waals surface area contributed by atoms with Gasteiger partial charge in [-0.1, -0.05) is 19.9 Å². The molecule has 3 rings (SSSR count). The van der Waals surface area contributed by atoms with Gasteiger partial charge in [0.25, 0.3) is 0 Å². The van der Waals surface area contributed by atoms with Crippen molar-refractivity contribution in [2.45, 2.75) is 20.3 Å². The number of benzene rings is 1. The molecule has 0 saturated heterocycles. The lowest BCUT2D eigenvalue weighted by Gasteiger charge is -2.13. The van der Waals surface area contributed by atoms with Crippen LogP contribution >= 0.6 is 11.3 Å². The quantitative estimate of drug-likeness (QED) is 0.705. The highest BCUT2D eigenvalue weighted by Gasteiger charge is 2.17. The van der Waals surface area contributed by atoms with Crippen LogP contribution in [0.5, 0.6) is 5.75 Å². The summed E-state index contributed by atoms with van der Waals surface area (Å²) in [4.78, 5) is 22.3. The number of aromatic hydroxyl groups is 1. The molecule has 0 aliphatic rings. The van der Waals surface area contributed by atoms with Crippen molar-refractivity contribution in [2.24, 2.45) is 5.92 Å². The minimum Gasteiger partial charge on any atom is -0.508 e. The van der Waals surface area contributed by atoms with Gasteiger partial charge in [0.1, 0.15) is 11.4 Å². The minimum atomic E-state index is -0.0882. The van der Waals surface area contributed by atoms with Crippen molar-refractivity contribution in [1.82, 2.24) is 9.97 Å². The second kappa shape index (κ2) is 7.44. The van der Waals surface area contributed by atoms with Crippen LogP contribution in [0.1, 0.15) is 20.3 Å². The second-order valence-corrected chi connectivity index (χ2v) is 6.72. The molecule has 1 aromatic carbocycles. The molecular weight excluding hydrogens is 334 g/mol. The highest BCUT2D eigenvalue weighted by Crippen LogP contribution is 2.31. The minimum absolute atomic E-state index is 0.0630. The Morgan fingerprint density at radius 2 is 2.04 bits per heavy atom. The van der Waals surface area contributed by atoms with E-state index < -0.39 is 0 Å². The first-order valence-corrected chi connectivity index (χ1v) is 8.97. The Labute approximate surface area is 150 Å². The normalized spacial score (nSPS) is 11.9. The number of amides is 1.